The number of nitrogens with zero attached hydrogens (tertiary/aromatic N) is 1. The summed E-state index contributed by atoms with van der Waals surface area (Å²) in [7, 11) is 1.50. The first kappa shape index (κ1) is 12.8. The van der Waals surface area contributed by atoms with E-state index in [2.05, 4.69) is 0 Å². The lowest BCUT2D eigenvalue weighted by atomic mass is 10.1. The fraction of sp³-hybridized carbons (Fsp3) is 0.500. The fourth-order valence-corrected chi connectivity index (χ4v) is 1.23. The minimum Gasteiger partial charge on any atom is -0.504 e. The number of ether oxygens (including phenoxy) is 1. The van der Waals surface area contributed by atoms with Crippen molar-refractivity contribution in [1.29, 1.82) is 0 Å². The molecule has 0 aliphatic carbocycles. The van der Waals surface area contributed by atoms with Crippen LogP contribution >= 0.6 is 0 Å². The first-order valence-electron chi connectivity index (χ1n) is 5.17. The van der Waals surface area contributed by atoms with Crippen LogP contribution in [0.15, 0.2) is 18.2 Å². The summed E-state index contributed by atoms with van der Waals surface area (Å²) < 4.78 is 5.00. The van der Waals surface area contributed by atoms with Crippen molar-refractivity contribution < 1.29 is 15.1 Å². The quantitative estimate of drug-likeness (QED) is 0.775. The number of hydrogen-bond acceptors (Lipinski definition) is 4. The second-order valence-corrected chi connectivity index (χ2v) is 4.73. The van der Waals surface area contributed by atoms with Crippen molar-refractivity contribution in [3.63, 3.8) is 0 Å². The number of hydrogen-bond donors (Lipinski definition) is 2. The molecule has 0 unspecified atom stereocenters. The minimum atomic E-state index is -0.314. The summed E-state index contributed by atoms with van der Waals surface area (Å²) in [5, 5.41) is 20.5. The highest BCUT2D eigenvalue weighted by molar-refractivity contribution is 5.41. The van der Waals surface area contributed by atoms with Crippen LogP contribution in [0.2, 0.25) is 0 Å². The Bertz CT molecular complexity index is 358. The largest absolute Gasteiger partial charge is 0.504 e. The number of benzene rings is 1. The van der Waals surface area contributed by atoms with Gasteiger partial charge in [0.15, 0.2) is 11.5 Å². The van der Waals surface area contributed by atoms with Gasteiger partial charge in [-0.3, -0.25) is 0 Å². The minimum absolute atomic E-state index is 0.103. The van der Waals surface area contributed by atoms with Gasteiger partial charge in [0.2, 0.25) is 0 Å². The van der Waals surface area contributed by atoms with E-state index in [4.69, 9.17) is 4.74 Å². The summed E-state index contributed by atoms with van der Waals surface area (Å²) in [6.45, 7) is 6.15. The van der Waals surface area contributed by atoms with Crippen molar-refractivity contribution in [3.05, 3.63) is 23.8 Å². The van der Waals surface area contributed by atoms with E-state index in [9.17, 15) is 10.3 Å². The zero-order chi connectivity index (χ0) is 12.3. The summed E-state index contributed by atoms with van der Waals surface area (Å²) in [6, 6.07) is 5.03. The van der Waals surface area contributed by atoms with E-state index in [0.29, 0.717) is 12.3 Å². The van der Waals surface area contributed by atoms with Crippen LogP contribution in [0, 0.1) is 0 Å². The molecule has 0 aliphatic heterocycles. The second-order valence-electron chi connectivity index (χ2n) is 4.73. The lowest BCUT2D eigenvalue weighted by Crippen LogP contribution is -2.37. The number of rotatable bonds is 3. The van der Waals surface area contributed by atoms with Crippen LogP contribution in [0.5, 0.6) is 11.5 Å². The molecule has 0 amide bonds. The molecule has 1 aromatic carbocycles. The molecule has 2 N–H and O–H groups in total. The maximum Gasteiger partial charge on any atom is 0.160 e. The summed E-state index contributed by atoms with van der Waals surface area (Å²) >= 11 is 0. The molecular formula is C12H19NO3. The Balaban J connectivity index is 2.82. The second kappa shape index (κ2) is 4.72. The summed E-state index contributed by atoms with van der Waals surface area (Å²) in [5.41, 5.74) is 0.567. The highest BCUT2D eigenvalue weighted by Gasteiger charge is 2.19. The van der Waals surface area contributed by atoms with Crippen LogP contribution in [0.25, 0.3) is 0 Å². The van der Waals surface area contributed by atoms with Gasteiger partial charge in [-0.1, -0.05) is 6.07 Å². The lowest BCUT2D eigenvalue weighted by molar-refractivity contribution is -0.163. The number of hydroxylamine groups is 2. The summed E-state index contributed by atoms with van der Waals surface area (Å²) in [4.78, 5) is 0. The zero-order valence-electron chi connectivity index (χ0n) is 10.2. The maximum atomic E-state index is 9.80. The predicted octanol–water partition coefficient (Wildman–Crippen LogP) is 2.39. The Morgan fingerprint density at radius 3 is 2.44 bits per heavy atom. The molecule has 90 valence electrons. The summed E-state index contributed by atoms with van der Waals surface area (Å²) in [6.07, 6.45) is 0. The Hall–Kier alpha value is -1.26. The SMILES string of the molecule is COc1cc(CN(O)C(C)(C)C)ccc1O. The first-order chi connectivity index (χ1) is 7.34. The summed E-state index contributed by atoms with van der Waals surface area (Å²) in [5.74, 6) is 0.520. The third-order valence-electron chi connectivity index (χ3n) is 2.35. The molecule has 0 aromatic heterocycles. The topological polar surface area (TPSA) is 52.9 Å². The van der Waals surface area contributed by atoms with E-state index in [-0.39, 0.29) is 11.3 Å². The Labute approximate surface area is 96.0 Å². The monoisotopic (exact) mass is 225 g/mol. The Kier molecular flexibility index (Phi) is 3.78. The molecule has 4 heteroatoms. The van der Waals surface area contributed by atoms with Gasteiger partial charge < -0.3 is 15.1 Å². The molecule has 0 saturated heterocycles. The van der Waals surface area contributed by atoms with Gasteiger partial charge in [0, 0.05) is 12.1 Å². The van der Waals surface area contributed by atoms with E-state index in [0.717, 1.165) is 5.56 Å². The van der Waals surface area contributed by atoms with Gasteiger partial charge >= 0.3 is 0 Å². The molecule has 0 atom stereocenters. The van der Waals surface area contributed by atoms with Crippen molar-refractivity contribution in [1.82, 2.24) is 5.06 Å². The number of aromatic hydroxyl groups is 1. The van der Waals surface area contributed by atoms with Crippen molar-refractivity contribution in [3.8, 4) is 11.5 Å². The molecule has 1 aromatic rings. The standard InChI is InChI=1S/C12H19NO3/c1-12(2,3)13(15)8-9-5-6-10(14)11(7-9)16-4/h5-7,14-15H,8H2,1-4H3. The van der Waals surface area contributed by atoms with Crippen LogP contribution in [0.4, 0.5) is 0 Å². The lowest BCUT2D eigenvalue weighted by Gasteiger charge is -2.29. The van der Waals surface area contributed by atoms with Gasteiger partial charge in [-0.05, 0) is 38.5 Å². The van der Waals surface area contributed by atoms with Gasteiger partial charge in [-0.15, -0.1) is 0 Å². The van der Waals surface area contributed by atoms with Gasteiger partial charge in [0.25, 0.3) is 0 Å². The van der Waals surface area contributed by atoms with Crippen molar-refractivity contribution in [2.45, 2.75) is 32.9 Å². The van der Waals surface area contributed by atoms with E-state index in [1.807, 2.05) is 20.8 Å². The van der Waals surface area contributed by atoms with Crippen molar-refractivity contribution in [2.75, 3.05) is 7.11 Å². The molecule has 0 saturated carbocycles. The van der Waals surface area contributed by atoms with Crippen molar-refractivity contribution in [2.24, 2.45) is 0 Å². The van der Waals surface area contributed by atoms with Crippen LogP contribution in [-0.2, 0) is 6.54 Å². The average Bonchev–Trinajstić information content (AvgIpc) is 2.19. The van der Waals surface area contributed by atoms with E-state index in [1.54, 1.807) is 18.2 Å². The van der Waals surface area contributed by atoms with Crippen LogP contribution in [0.3, 0.4) is 0 Å². The fourth-order valence-electron chi connectivity index (χ4n) is 1.23. The third-order valence-corrected chi connectivity index (χ3v) is 2.35. The number of phenolic OH excluding ortho intramolecular Hbond substituents is 1. The molecule has 0 fully saturated rings. The molecule has 0 heterocycles. The molecule has 4 nitrogen and oxygen atoms in total. The first-order valence-corrected chi connectivity index (χ1v) is 5.17. The molecule has 0 aliphatic rings. The maximum absolute atomic E-state index is 9.80. The predicted molar refractivity (Wildman–Crippen MR) is 61.7 cm³/mol. The molecular weight excluding hydrogens is 206 g/mol. The molecule has 0 spiro atoms. The van der Waals surface area contributed by atoms with Crippen LogP contribution in [0.1, 0.15) is 26.3 Å². The third kappa shape index (κ3) is 3.12. The number of methoxy groups -OCH3 is 1. The van der Waals surface area contributed by atoms with Gasteiger partial charge in [-0.25, -0.2) is 0 Å². The zero-order valence-corrected chi connectivity index (χ0v) is 10.2. The van der Waals surface area contributed by atoms with Gasteiger partial charge in [-0.2, -0.15) is 5.06 Å². The van der Waals surface area contributed by atoms with E-state index < -0.39 is 0 Å². The van der Waals surface area contributed by atoms with Crippen LogP contribution < -0.4 is 4.74 Å². The molecule has 1 rings (SSSR count). The normalized spacial score (nSPS) is 11.9. The average molecular weight is 225 g/mol. The molecule has 0 radical (unpaired) electrons. The highest BCUT2D eigenvalue weighted by Crippen LogP contribution is 2.27. The molecule has 0 bridgehead atoms. The van der Waals surface area contributed by atoms with E-state index >= 15 is 0 Å². The highest BCUT2D eigenvalue weighted by atomic mass is 16.5. The number of phenols is 1. The Morgan fingerprint density at radius 2 is 1.94 bits per heavy atom. The smallest absolute Gasteiger partial charge is 0.160 e. The van der Waals surface area contributed by atoms with Crippen LogP contribution in [-0.4, -0.2) is 28.0 Å². The van der Waals surface area contributed by atoms with Gasteiger partial charge in [0.1, 0.15) is 0 Å². The Morgan fingerprint density at radius 1 is 1.31 bits per heavy atom. The van der Waals surface area contributed by atoms with Crippen molar-refractivity contribution >= 4 is 0 Å². The molecule has 16 heavy (non-hydrogen) atoms. The van der Waals surface area contributed by atoms with Gasteiger partial charge in [0.05, 0.1) is 7.11 Å². The van der Waals surface area contributed by atoms with E-state index in [1.165, 1.54) is 12.2 Å².